The smallest absolute Gasteiger partial charge is 0.115 e. The van der Waals surface area contributed by atoms with Gasteiger partial charge in [0.2, 0.25) is 0 Å². The normalized spacial score (nSPS) is 10.1. The molecule has 0 saturated carbocycles. The number of hydrogen-bond acceptors (Lipinski definition) is 1. The van der Waals surface area contributed by atoms with Crippen LogP contribution in [0.15, 0.2) is 50.1 Å². The third-order valence-electron chi connectivity index (χ3n) is 2.65. The van der Waals surface area contributed by atoms with E-state index in [1.54, 1.807) is 12.1 Å². The molecule has 0 fully saturated rings. The first kappa shape index (κ1) is 12.5. The van der Waals surface area contributed by atoms with Gasteiger partial charge in [-0.25, -0.2) is 0 Å². The average Bonchev–Trinajstić information content (AvgIpc) is 2.28. The van der Waals surface area contributed by atoms with Crippen molar-refractivity contribution in [3.05, 3.63) is 55.7 Å². The van der Waals surface area contributed by atoms with Crippen LogP contribution >= 0.6 is 0 Å². The van der Waals surface area contributed by atoms with E-state index in [9.17, 15) is 5.11 Å². The van der Waals surface area contributed by atoms with Crippen molar-refractivity contribution in [3.63, 3.8) is 0 Å². The summed E-state index contributed by atoms with van der Waals surface area (Å²) in [4.78, 5) is 0. The molecule has 1 nitrogen and oxygen atoms in total. The molecule has 1 N–H and O–H groups in total. The number of hydrogen-bond donors (Lipinski definition) is 1. The highest BCUT2D eigenvalue weighted by molar-refractivity contribution is 6.75. The highest BCUT2D eigenvalue weighted by atomic mass is 28.3. The maximum atomic E-state index is 9.96. The second-order valence-electron chi connectivity index (χ2n) is 3.73. The van der Waals surface area contributed by atoms with E-state index in [-0.39, 0.29) is 0 Å². The lowest BCUT2D eigenvalue weighted by Gasteiger charge is -2.16. The Morgan fingerprint density at radius 2 is 1.75 bits per heavy atom. The number of rotatable bonds is 6. The highest BCUT2D eigenvalue weighted by Crippen LogP contribution is 2.15. The first-order valence-corrected chi connectivity index (χ1v) is 7.61. The van der Waals surface area contributed by atoms with Crippen molar-refractivity contribution in [2.24, 2.45) is 0 Å². The van der Waals surface area contributed by atoms with Gasteiger partial charge in [0.25, 0.3) is 0 Å². The molecule has 16 heavy (non-hydrogen) atoms. The predicted molar refractivity (Wildman–Crippen MR) is 75.0 cm³/mol. The van der Waals surface area contributed by atoms with Gasteiger partial charge >= 0.3 is 0 Å². The van der Waals surface area contributed by atoms with Crippen LogP contribution in [-0.2, 0) is 0 Å². The van der Waals surface area contributed by atoms with Crippen molar-refractivity contribution in [2.45, 2.75) is 12.1 Å². The minimum absolute atomic E-state index is 0.387. The van der Waals surface area contributed by atoms with Crippen LogP contribution in [0.3, 0.4) is 0 Å². The lowest BCUT2D eigenvalue weighted by Crippen LogP contribution is -2.31. The molecule has 0 radical (unpaired) electrons. The Balaban J connectivity index is 3.19. The predicted octanol–water partition coefficient (Wildman–Crippen LogP) is 2.84. The molecule has 0 atom stereocenters. The SMILES string of the molecule is C=CC[SiH](CC=C)c1c(O)cccc1C=C. The standard InChI is InChI=1S/C14H18OSi/c1-4-10-16(11-5-2)14-12(6-3)8-7-9-13(14)15/h4-9,15-16H,1-3,10-11H2. The minimum atomic E-state index is -1.25. The Hall–Kier alpha value is -1.54. The summed E-state index contributed by atoms with van der Waals surface area (Å²) in [5, 5.41) is 11.0. The molecule has 84 valence electrons. The topological polar surface area (TPSA) is 20.2 Å². The van der Waals surface area contributed by atoms with Crippen LogP contribution in [0.1, 0.15) is 5.56 Å². The molecule has 0 aliphatic rings. The van der Waals surface area contributed by atoms with E-state index in [4.69, 9.17) is 0 Å². The Kier molecular flexibility index (Phi) is 4.80. The molecular weight excluding hydrogens is 212 g/mol. The zero-order valence-electron chi connectivity index (χ0n) is 9.52. The fourth-order valence-corrected chi connectivity index (χ4v) is 4.60. The zero-order chi connectivity index (χ0) is 12.0. The Bertz CT molecular complexity index is 386. The summed E-state index contributed by atoms with van der Waals surface area (Å²) in [5.41, 5.74) is 1.04. The van der Waals surface area contributed by atoms with Gasteiger partial charge in [0.15, 0.2) is 0 Å². The van der Waals surface area contributed by atoms with E-state index in [0.717, 1.165) is 22.8 Å². The molecule has 1 aromatic rings. The minimum Gasteiger partial charge on any atom is -0.508 e. The van der Waals surface area contributed by atoms with Gasteiger partial charge in [-0.1, -0.05) is 36.9 Å². The van der Waals surface area contributed by atoms with Gasteiger partial charge in [-0.2, -0.15) is 0 Å². The Morgan fingerprint density at radius 3 is 2.25 bits per heavy atom. The summed E-state index contributed by atoms with van der Waals surface area (Å²) in [6.45, 7) is 11.4. The molecule has 0 aromatic heterocycles. The van der Waals surface area contributed by atoms with Crippen molar-refractivity contribution in [3.8, 4) is 5.75 Å². The molecule has 2 heteroatoms. The molecule has 0 aliphatic heterocycles. The number of benzene rings is 1. The van der Waals surface area contributed by atoms with Crippen LogP contribution in [0.25, 0.3) is 6.08 Å². The van der Waals surface area contributed by atoms with Gasteiger partial charge < -0.3 is 5.11 Å². The second kappa shape index (κ2) is 6.13. The van der Waals surface area contributed by atoms with Crippen molar-refractivity contribution in [1.82, 2.24) is 0 Å². The zero-order valence-corrected chi connectivity index (χ0v) is 10.7. The van der Waals surface area contributed by atoms with Crippen LogP contribution in [0.2, 0.25) is 12.1 Å². The van der Waals surface area contributed by atoms with Crippen molar-refractivity contribution in [2.75, 3.05) is 0 Å². The third kappa shape index (κ3) is 2.73. The molecule has 0 heterocycles. The highest BCUT2D eigenvalue weighted by Gasteiger charge is 2.17. The van der Waals surface area contributed by atoms with E-state index >= 15 is 0 Å². The fourth-order valence-electron chi connectivity index (χ4n) is 1.93. The third-order valence-corrected chi connectivity index (χ3v) is 5.90. The van der Waals surface area contributed by atoms with Crippen molar-refractivity contribution < 1.29 is 5.11 Å². The van der Waals surface area contributed by atoms with E-state index in [2.05, 4.69) is 19.7 Å². The quantitative estimate of drug-likeness (QED) is 0.588. The van der Waals surface area contributed by atoms with Crippen LogP contribution in [0, 0.1) is 0 Å². The van der Waals surface area contributed by atoms with E-state index in [0.29, 0.717) is 5.75 Å². The van der Waals surface area contributed by atoms with Gasteiger partial charge in [0, 0.05) is 0 Å². The lowest BCUT2D eigenvalue weighted by atomic mass is 10.2. The van der Waals surface area contributed by atoms with Gasteiger partial charge in [-0.15, -0.1) is 13.2 Å². The van der Waals surface area contributed by atoms with Gasteiger partial charge in [-0.3, -0.25) is 0 Å². The number of phenols is 1. The summed E-state index contributed by atoms with van der Waals surface area (Å²) < 4.78 is 0. The summed E-state index contributed by atoms with van der Waals surface area (Å²) in [5.74, 6) is 0.387. The molecule has 0 spiro atoms. The molecule has 0 saturated heterocycles. The molecule has 0 bridgehead atoms. The largest absolute Gasteiger partial charge is 0.508 e. The van der Waals surface area contributed by atoms with Crippen LogP contribution in [-0.4, -0.2) is 13.9 Å². The monoisotopic (exact) mass is 230 g/mol. The fraction of sp³-hybridized carbons (Fsp3) is 0.143. The Labute approximate surface area is 99.1 Å². The van der Waals surface area contributed by atoms with Crippen LogP contribution in [0.5, 0.6) is 5.75 Å². The van der Waals surface area contributed by atoms with Gasteiger partial charge in [0.05, 0.1) is 8.80 Å². The van der Waals surface area contributed by atoms with E-state index in [1.807, 2.05) is 24.3 Å². The maximum Gasteiger partial charge on any atom is 0.115 e. The first-order chi connectivity index (χ1) is 7.74. The van der Waals surface area contributed by atoms with E-state index in [1.165, 1.54) is 0 Å². The van der Waals surface area contributed by atoms with Crippen molar-refractivity contribution >= 4 is 20.1 Å². The molecule has 0 aliphatic carbocycles. The molecule has 1 aromatic carbocycles. The van der Waals surface area contributed by atoms with Crippen LogP contribution in [0.4, 0.5) is 0 Å². The summed E-state index contributed by atoms with van der Waals surface area (Å²) in [6.07, 6.45) is 5.67. The lowest BCUT2D eigenvalue weighted by molar-refractivity contribution is 0.479. The molecule has 1 rings (SSSR count). The molecule has 0 unspecified atom stereocenters. The Morgan fingerprint density at radius 1 is 1.12 bits per heavy atom. The summed E-state index contributed by atoms with van der Waals surface area (Å²) >= 11 is 0. The maximum absolute atomic E-state index is 9.96. The number of allylic oxidation sites excluding steroid dienone is 2. The second-order valence-corrected chi connectivity index (χ2v) is 6.64. The summed E-state index contributed by atoms with van der Waals surface area (Å²) in [7, 11) is -1.25. The van der Waals surface area contributed by atoms with Crippen molar-refractivity contribution in [1.29, 1.82) is 0 Å². The number of aromatic hydroxyl groups is 1. The van der Waals surface area contributed by atoms with Crippen LogP contribution < -0.4 is 5.19 Å². The van der Waals surface area contributed by atoms with E-state index < -0.39 is 8.80 Å². The van der Waals surface area contributed by atoms with Gasteiger partial charge in [-0.05, 0) is 28.9 Å². The molecular formula is C14H18OSi. The van der Waals surface area contributed by atoms with Gasteiger partial charge in [0.1, 0.15) is 5.75 Å². The summed E-state index contributed by atoms with van der Waals surface area (Å²) in [6, 6.07) is 7.51. The molecule has 0 amide bonds. The average molecular weight is 230 g/mol. The first-order valence-electron chi connectivity index (χ1n) is 5.40. The number of phenolic OH excluding ortho intramolecular Hbond substituents is 1.